The maximum Gasteiger partial charge on any atom is 0.246 e. The van der Waals surface area contributed by atoms with Crippen LogP contribution in [0, 0.1) is 0 Å². The fourth-order valence-corrected chi connectivity index (χ4v) is 3.61. The van der Waals surface area contributed by atoms with Crippen LogP contribution in [-0.4, -0.2) is 93.0 Å². The van der Waals surface area contributed by atoms with E-state index in [4.69, 9.17) is 4.74 Å². The zero-order chi connectivity index (χ0) is 18.7. The van der Waals surface area contributed by atoms with E-state index in [1.807, 2.05) is 24.3 Å². The molecule has 7 heteroatoms. The lowest BCUT2D eigenvalue weighted by Crippen LogP contribution is -2.54. The van der Waals surface area contributed by atoms with Crippen molar-refractivity contribution in [1.82, 2.24) is 14.7 Å². The quantitative estimate of drug-likeness (QED) is 0.766. The molecule has 0 saturated carbocycles. The molecule has 1 aromatic carbocycles. The number of benzene rings is 1. The van der Waals surface area contributed by atoms with E-state index < -0.39 is 0 Å². The lowest BCUT2D eigenvalue weighted by atomic mass is 10.2. The Bertz CT molecular complexity index is 664. The van der Waals surface area contributed by atoms with Crippen molar-refractivity contribution in [3.8, 4) is 5.75 Å². The standard InChI is InChI=1S/C19H28N4O3/c1-20(2)16-7-8-21(12-16)13-18(24)22-9-10-23(19(25)14-22)15-5-4-6-17(11-15)26-3/h4-6,11,16H,7-10,12-14H2,1-3H3. The molecule has 1 unspecified atom stereocenters. The Labute approximate surface area is 155 Å². The van der Waals surface area contributed by atoms with Gasteiger partial charge in [0, 0.05) is 44.0 Å². The molecule has 0 radical (unpaired) electrons. The second-order valence-electron chi connectivity index (χ2n) is 7.20. The van der Waals surface area contributed by atoms with Crippen molar-refractivity contribution in [2.45, 2.75) is 12.5 Å². The van der Waals surface area contributed by atoms with E-state index in [-0.39, 0.29) is 18.4 Å². The third kappa shape index (κ3) is 4.16. The van der Waals surface area contributed by atoms with Gasteiger partial charge in [0.1, 0.15) is 12.3 Å². The third-order valence-corrected chi connectivity index (χ3v) is 5.28. The molecule has 2 fully saturated rings. The molecule has 2 heterocycles. The smallest absolute Gasteiger partial charge is 0.246 e. The van der Waals surface area contributed by atoms with Gasteiger partial charge in [-0.3, -0.25) is 14.5 Å². The average molecular weight is 360 g/mol. The van der Waals surface area contributed by atoms with E-state index >= 15 is 0 Å². The molecule has 0 N–H and O–H groups in total. The van der Waals surface area contributed by atoms with Gasteiger partial charge in [-0.05, 0) is 32.6 Å². The Balaban J connectivity index is 1.55. The zero-order valence-corrected chi connectivity index (χ0v) is 15.9. The van der Waals surface area contributed by atoms with Gasteiger partial charge in [0.15, 0.2) is 0 Å². The van der Waals surface area contributed by atoms with E-state index in [0.717, 1.165) is 30.9 Å². The molecule has 0 bridgehead atoms. The molecule has 2 amide bonds. The second kappa shape index (κ2) is 8.05. The summed E-state index contributed by atoms with van der Waals surface area (Å²) in [6.07, 6.45) is 1.09. The minimum atomic E-state index is -0.0505. The number of anilines is 1. The van der Waals surface area contributed by atoms with Crippen molar-refractivity contribution >= 4 is 17.5 Å². The molecule has 0 aromatic heterocycles. The molecule has 142 valence electrons. The minimum Gasteiger partial charge on any atom is -0.497 e. The minimum absolute atomic E-state index is 0.0445. The number of amides is 2. The second-order valence-corrected chi connectivity index (χ2v) is 7.20. The Hall–Kier alpha value is -2.12. The van der Waals surface area contributed by atoms with Crippen molar-refractivity contribution in [3.63, 3.8) is 0 Å². The maximum atomic E-state index is 12.6. The highest BCUT2D eigenvalue weighted by Crippen LogP contribution is 2.23. The van der Waals surface area contributed by atoms with E-state index in [9.17, 15) is 9.59 Å². The molecule has 2 saturated heterocycles. The predicted octanol–water partition coefficient (Wildman–Crippen LogP) is 0.506. The zero-order valence-electron chi connectivity index (χ0n) is 15.9. The number of carbonyl (C=O) groups is 2. The summed E-state index contributed by atoms with van der Waals surface area (Å²) in [7, 11) is 5.76. The highest BCUT2D eigenvalue weighted by Gasteiger charge is 2.31. The first-order chi connectivity index (χ1) is 12.5. The van der Waals surface area contributed by atoms with Crippen LogP contribution in [0.1, 0.15) is 6.42 Å². The molecule has 2 aliphatic heterocycles. The lowest BCUT2D eigenvalue weighted by Gasteiger charge is -2.35. The third-order valence-electron chi connectivity index (χ3n) is 5.28. The van der Waals surface area contributed by atoms with Crippen molar-refractivity contribution < 1.29 is 14.3 Å². The van der Waals surface area contributed by atoms with Gasteiger partial charge in [0.05, 0.1) is 13.7 Å². The molecule has 1 aromatic rings. The topological polar surface area (TPSA) is 56.3 Å². The number of piperazine rings is 1. The molecule has 0 aliphatic carbocycles. The van der Waals surface area contributed by atoms with Crippen LogP contribution in [0.4, 0.5) is 5.69 Å². The molecule has 0 spiro atoms. The number of rotatable bonds is 5. The summed E-state index contributed by atoms with van der Waals surface area (Å²) >= 11 is 0. The first-order valence-corrected chi connectivity index (χ1v) is 9.09. The van der Waals surface area contributed by atoms with Crippen LogP contribution < -0.4 is 9.64 Å². The molecule has 3 rings (SSSR count). The highest BCUT2D eigenvalue weighted by molar-refractivity contribution is 5.98. The fourth-order valence-electron chi connectivity index (χ4n) is 3.61. The van der Waals surface area contributed by atoms with Gasteiger partial charge in [0.2, 0.25) is 11.8 Å². The van der Waals surface area contributed by atoms with E-state index in [0.29, 0.717) is 25.7 Å². The number of hydrogen-bond acceptors (Lipinski definition) is 5. The van der Waals surface area contributed by atoms with Crippen molar-refractivity contribution in [3.05, 3.63) is 24.3 Å². The molecular weight excluding hydrogens is 332 g/mol. The van der Waals surface area contributed by atoms with Crippen molar-refractivity contribution in [1.29, 1.82) is 0 Å². The largest absolute Gasteiger partial charge is 0.497 e. The number of methoxy groups -OCH3 is 1. The van der Waals surface area contributed by atoms with Crippen molar-refractivity contribution in [2.75, 3.05) is 65.4 Å². The van der Waals surface area contributed by atoms with Gasteiger partial charge in [-0.2, -0.15) is 0 Å². The first-order valence-electron chi connectivity index (χ1n) is 9.09. The number of likely N-dealkylation sites (N-methyl/N-ethyl adjacent to an activating group) is 1. The Morgan fingerprint density at radius 2 is 2.08 bits per heavy atom. The number of nitrogens with zero attached hydrogens (tertiary/aromatic N) is 4. The maximum absolute atomic E-state index is 12.6. The molecule has 26 heavy (non-hydrogen) atoms. The Kier molecular flexibility index (Phi) is 5.78. The van der Waals surface area contributed by atoms with Gasteiger partial charge in [-0.15, -0.1) is 0 Å². The van der Waals surface area contributed by atoms with Gasteiger partial charge in [0.25, 0.3) is 0 Å². The van der Waals surface area contributed by atoms with Crippen LogP contribution >= 0.6 is 0 Å². The first kappa shape index (κ1) is 18.7. The lowest BCUT2D eigenvalue weighted by molar-refractivity contribution is -0.137. The number of hydrogen-bond donors (Lipinski definition) is 0. The molecule has 7 nitrogen and oxygen atoms in total. The van der Waals surface area contributed by atoms with Crippen molar-refractivity contribution in [2.24, 2.45) is 0 Å². The van der Waals surface area contributed by atoms with Gasteiger partial charge in [-0.1, -0.05) is 6.07 Å². The SMILES string of the molecule is COc1cccc(N2CCN(C(=O)CN3CCC(N(C)C)C3)CC2=O)c1. The summed E-state index contributed by atoms with van der Waals surface area (Å²) in [5, 5.41) is 0. The number of carbonyl (C=O) groups excluding carboxylic acids is 2. The summed E-state index contributed by atoms with van der Waals surface area (Å²) in [6.45, 7) is 3.46. The number of likely N-dealkylation sites (tertiary alicyclic amines) is 1. The monoisotopic (exact) mass is 360 g/mol. The average Bonchev–Trinajstić information content (AvgIpc) is 3.10. The summed E-state index contributed by atoms with van der Waals surface area (Å²) in [5.41, 5.74) is 0.815. The molecule has 1 atom stereocenters. The van der Waals surface area contributed by atoms with Gasteiger partial charge in [-0.25, -0.2) is 0 Å². The fraction of sp³-hybridized carbons (Fsp3) is 0.579. The highest BCUT2D eigenvalue weighted by atomic mass is 16.5. The predicted molar refractivity (Wildman–Crippen MR) is 100 cm³/mol. The molecular formula is C19H28N4O3. The van der Waals surface area contributed by atoms with Crippen LogP contribution in [-0.2, 0) is 9.59 Å². The van der Waals surface area contributed by atoms with Crippen LogP contribution in [0.5, 0.6) is 5.75 Å². The van der Waals surface area contributed by atoms with E-state index in [1.54, 1.807) is 16.9 Å². The Morgan fingerprint density at radius 3 is 2.73 bits per heavy atom. The molecule has 2 aliphatic rings. The van der Waals surface area contributed by atoms with Crippen LogP contribution in [0.15, 0.2) is 24.3 Å². The van der Waals surface area contributed by atoms with E-state index in [1.165, 1.54) is 0 Å². The number of ether oxygens (including phenoxy) is 1. The van der Waals surface area contributed by atoms with Crippen LogP contribution in [0.3, 0.4) is 0 Å². The van der Waals surface area contributed by atoms with Gasteiger partial charge >= 0.3 is 0 Å². The summed E-state index contributed by atoms with van der Waals surface area (Å²) < 4.78 is 5.23. The summed E-state index contributed by atoms with van der Waals surface area (Å²) in [6, 6.07) is 7.97. The Morgan fingerprint density at radius 1 is 1.27 bits per heavy atom. The van der Waals surface area contributed by atoms with Gasteiger partial charge < -0.3 is 19.4 Å². The normalized spacial score (nSPS) is 21.5. The summed E-state index contributed by atoms with van der Waals surface area (Å²) in [5.74, 6) is 0.715. The summed E-state index contributed by atoms with van der Waals surface area (Å²) in [4.78, 5) is 33.0. The van der Waals surface area contributed by atoms with Crippen LogP contribution in [0.2, 0.25) is 0 Å². The van der Waals surface area contributed by atoms with E-state index in [2.05, 4.69) is 23.9 Å². The van der Waals surface area contributed by atoms with Crippen LogP contribution in [0.25, 0.3) is 0 Å².